The van der Waals surface area contributed by atoms with E-state index in [1.54, 1.807) is 11.1 Å². The third-order valence-electron chi connectivity index (χ3n) is 2.74. The van der Waals surface area contributed by atoms with E-state index >= 15 is 0 Å². The first-order chi connectivity index (χ1) is 8.15. The normalized spacial score (nSPS) is 16.6. The van der Waals surface area contributed by atoms with E-state index in [-0.39, 0.29) is 18.4 Å². The third-order valence-corrected chi connectivity index (χ3v) is 2.74. The second kappa shape index (κ2) is 4.95. The zero-order valence-corrected chi connectivity index (χ0v) is 9.77. The minimum Gasteiger partial charge on any atom is -0.347 e. The number of hydrogen-bond donors (Lipinski definition) is 1. The van der Waals surface area contributed by atoms with E-state index in [4.69, 9.17) is 0 Å². The minimum atomic E-state index is -0.0668. The van der Waals surface area contributed by atoms with Crippen molar-refractivity contribution in [2.45, 2.75) is 19.9 Å². The monoisotopic (exact) mass is 233 g/mol. The second-order valence-corrected chi connectivity index (χ2v) is 4.15. The van der Waals surface area contributed by atoms with Crippen LogP contribution in [0.15, 0.2) is 18.3 Å². The predicted octanol–water partition coefficient (Wildman–Crippen LogP) is 0.239. The zero-order chi connectivity index (χ0) is 12.3. The predicted molar refractivity (Wildman–Crippen MR) is 62.0 cm³/mol. The molecule has 1 aliphatic heterocycles. The van der Waals surface area contributed by atoms with Crippen LogP contribution in [-0.2, 0) is 16.1 Å². The van der Waals surface area contributed by atoms with Crippen LogP contribution < -0.4 is 5.32 Å². The number of aryl methyl sites for hydroxylation is 1. The first-order valence-corrected chi connectivity index (χ1v) is 5.61. The lowest BCUT2D eigenvalue weighted by Gasteiger charge is -2.19. The Morgan fingerprint density at radius 3 is 2.94 bits per heavy atom. The molecule has 2 rings (SSSR count). The molecule has 2 heterocycles. The third kappa shape index (κ3) is 3.03. The minimum absolute atomic E-state index is 0.0450. The Morgan fingerprint density at radius 1 is 1.41 bits per heavy atom. The molecule has 0 aliphatic carbocycles. The van der Waals surface area contributed by atoms with E-state index < -0.39 is 0 Å². The van der Waals surface area contributed by atoms with Crippen LogP contribution in [0.1, 0.15) is 17.7 Å². The highest BCUT2D eigenvalue weighted by Crippen LogP contribution is 2.07. The summed E-state index contributed by atoms with van der Waals surface area (Å²) >= 11 is 0. The van der Waals surface area contributed by atoms with Gasteiger partial charge in [0, 0.05) is 31.4 Å². The van der Waals surface area contributed by atoms with Crippen LogP contribution in [0.25, 0.3) is 0 Å². The first kappa shape index (κ1) is 11.6. The van der Waals surface area contributed by atoms with Gasteiger partial charge in [0.25, 0.3) is 0 Å². The van der Waals surface area contributed by atoms with E-state index in [0.29, 0.717) is 19.5 Å². The topological polar surface area (TPSA) is 62.3 Å². The molecule has 5 heteroatoms. The van der Waals surface area contributed by atoms with E-state index in [1.807, 2.05) is 19.1 Å². The molecule has 90 valence electrons. The smallest absolute Gasteiger partial charge is 0.242 e. The van der Waals surface area contributed by atoms with E-state index in [2.05, 4.69) is 10.3 Å². The van der Waals surface area contributed by atoms with Crippen LogP contribution in [0.3, 0.4) is 0 Å². The fourth-order valence-corrected chi connectivity index (χ4v) is 1.72. The van der Waals surface area contributed by atoms with Crippen molar-refractivity contribution < 1.29 is 9.59 Å². The molecule has 0 aromatic carbocycles. The van der Waals surface area contributed by atoms with E-state index in [0.717, 1.165) is 11.3 Å². The number of aromatic nitrogens is 1. The van der Waals surface area contributed by atoms with Crippen molar-refractivity contribution in [3.8, 4) is 0 Å². The highest BCUT2D eigenvalue weighted by Gasteiger charge is 2.19. The summed E-state index contributed by atoms with van der Waals surface area (Å²) in [5, 5.41) is 2.57. The van der Waals surface area contributed by atoms with E-state index in [1.165, 1.54) is 0 Å². The van der Waals surface area contributed by atoms with Crippen molar-refractivity contribution in [3.63, 3.8) is 0 Å². The molecule has 1 aliphatic rings. The highest BCUT2D eigenvalue weighted by atomic mass is 16.2. The van der Waals surface area contributed by atoms with Crippen molar-refractivity contribution in [1.82, 2.24) is 15.2 Å². The maximum atomic E-state index is 11.7. The Labute approximate surface area is 99.8 Å². The Hall–Kier alpha value is -1.91. The summed E-state index contributed by atoms with van der Waals surface area (Å²) in [6.45, 7) is 3.00. The molecule has 0 atom stereocenters. The van der Waals surface area contributed by atoms with Crippen LogP contribution in [0, 0.1) is 6.92 Å². The molecule has 0 radical (unpaired) electrons. The fourth-order valence-electron chi connectivity index (χ4n) is 1.72. The van der Waals surface area contributed by atoms with Gasteiger partial charge in [-0.3, -0.25) is 14.6 Å². The van der Waals surface area contributed by atoms with Gasteiger partial charge in [-0.05, 0) is 18.6 Å². The van der Waals surface area contributed by atoms with Crippen molar-refractivity contribution in [2.24, 2.45) is 0 Å². The van der Waals surface area contributed by atoms with Crippen LogP contribution in [-0.4, -0.2) is 34.8 Å². The summed E-state index contributed by atoms with van der Waals surface area (Å²) in [4.78, 5) is 28.8. The van der Waals surface area contributed by atoms with Gasteiger partial charge in [-0.25, -0.2) is 0 Å². The summed E-state index contributed by atoms with van der Waals surface area (Å²) < 4.78 is 0. The van der Waals surface area contributed by atoms with Crippen LogP contribution in [0.2, 0.25) is 0 Å². The summed E-state index contributed by atoms with van der Waals surface area (Å²) in [6.07, 6.45) is 2.13. The molecule has 1 N–H and O–H groups in total. The number of carbonyl (C=O) groups excluding carboxylic acids is 2. The molecule has 2 amide bonds. The Morgan fingerprint density at radius 2 is 2.24 bits per heavy atom. The highest BCUT2D eigenvalue weighted by molar-refractivity contribution is 5.87. The number of rotatable bonds is 2. The van der Waals surface area contributed by atoms with Gasteiger partial charge in [-0.1, -0.05) is 6.07 Å². The molecular formula is C12H15N3O2. The number of hydrogen-bond acceptors (Lipinski definition) is 3. The summed E-state index contributed by atoms with van der Waals surface area (Å²) in [5.74, 6) is -0.112. The Balaban J connectivity index is 2.04. The maximum absolute atomic E-state index is 11.7. The number of nitrogens with one attached hydrogen (secondary N) is 1. The molecule has 1 saturated heterocycles. The number of carbonyl (C=O) groups is 2. The lowest BCUT2D eigenvalue weighted by Crippen LogP contribution is -2.34. The summed E-state index contributed by atoms with van der Waals surface area (Å²) in [6, 6.07) is 3.87. The van der Waals surface area contributed by atoms with Gasteiger partial charge in [0.2, 0.25) is 11.8 Å². The average Bonchev–Trinajstić information content (AvgIpc) is 2.47. The van der Waals surface area contributed by atoms with E-state index in [9.17, 15) is 9.59 Å². The summed E-state index contributed by atoms with van der Waals surface area (Å²) in [7, 11) is 0. The van der Waals surface area contributed by atoms with Crippen molar-refractivity contribution in [2.75, 3.05) is 13.1 Å². The van der Waals surface area contributed by atoms with Gasteiger partial charge in [0.05, 0.1) is 6.54 Å². The molecule has 1 fully saturated rings. The quantitative estimate of drug-likeness (QED) is 0.796. The zero-order valence-electron chi connectivity index (χ0n) is 9.77. The molecule has 5 nitrogen and oxygen atoms in total. The van der Waals surface area contributed by atoms with Crippen molar-refractivity contribution in [1.29, 1.82) is 0 Å². The van der Waals surface area contributed by atoms with Crippen LogP contribution in [0.5, 0.6) is 0 Å². The molecule has 0 spiro atoms. The molecule has 0 bridgehead atoms. The van der Waals surface area contributed by atoms with Gasteiger partial charge in [0.15, 0.2) is 0 Å². The standard InChI is InChI=1S/C12H15N3O2/c1-9-2-3-10(6-13-9)8-15-5-4-11(16)14-7-12(15)17/h2-3,6H,4-5,7-8H2,1H3,(H,14,16). The Bertz CT molecular complexity index is 428. The number of nitrogens with zero attached hydrogens (tertiary/aromatic N) is 2. The van der Waals surface area contributed by atoms with Crippen LogP contribution >= 0.6 is 0 Å². The molecule has 1 aromatic rings. The van der Waals surface area contributed by atoms with Crippen molar-refractivity contribution >= 4 is 11.8 Å². The molecule has 0 saturated carbocycles. The fraction of sp³-hybridized carbons (Fsp3) is 0.417. The molecule has 17 heavy (non-hydrogen) atoms. The molecular weight excluding hydrogens is 218 g/mol. The lowest BCUT2D eigenvalue weighted by molar-refractivity contribution is -0.130. The average molecular weight is 233 g/mol. The lowest BCUT2D eigenvalue weighted by atomic mass is 10.2. The maximum Gasteiger partial charge on any atom is 0.242 e. The largest absolute Gasteiger partial charge is 0.347 e. The SMILES string of the molecule is Cc1ccc(CN2CCC(=O)NCC2=O)cn1. The molecule has 0 unspecified atom stereocenters. The first-order valence-electron chi connectivity index (χ1n) is 5.61. The van der Waals surface area contributed by atoms with Crippen molar-refractivity contribution in [3.05, 3.63) is 29.6 Å². The van der Waals surface area contributed by atoms with Crippen LogP contribution in [0.4, 0.5) is 0 Å². The Kier molecular flexibility index (Phi) is 3.37. The van der Waals surface area contributed by atoms with Gasteiger partial charge in [-0.15, -0.1) is 0 Å². The second-order valence-electron chi connectivity index (χ2n) is 4.15. The molecule has 1 aromatic heterocycles. The summed E-state index contributed by atoms with van der Waals surface area (Å²) in [5.41, 5.74) is 1.94. The number of pyridine rings is 1. The van der Waals surface area contributed by atoms with Gasteiger partial charge in [0.1, 0.15) is 0 Å². The van der Waals surface area contributed by atoms with Gasteiger partial charge in [-0.2, -0.15) is 0 Å². The van der Waals surface area contributed by atoms with Gasteiger partial charge >= 0.3 is 0 Å². The van der Waals surface area contributed by atoms with Gasteiger partial charge < -0.3 is 10.2 Å². The number of amides is 2.